The average Bonchev–Trinajstić information content (AvgIpc) is 2.28. The molecule has 1 aromatic rings. The van der Waals surface area contributed by atoms with Crippen molar-refractivity contribution in [1.82, 2.24) is 0 Å². The van der Waals surface area contributed by atoms with Crippen LogP contribution in [0.1, 0.15) is 19.8 Å². The monoisotopic (exact) mass is 349 g/mol. The Morgan fingerprint density at radius 3 is 2.76 bits per heavy atom. The highest BCUT2D eigenvalue weighted by atomic mass is 127. The highest BCUT2D eigenvalue weighted by Crippen LogP contribution is 2.24. The van der Waals surface area contributed by atoms with Gasteiger partial charge in [0, 0.05) is 24.3 Å². The van der Waals surface area contributed by atoms with E-state index in [0.717, 1.165) is 18.5 Å². The molecule has 0 bridgehead atoms. The van der Waals surface area contributed by atoms with Crippen molar-refractivity contribution in [3.63, 3.8) is 0 Å². The van der Waals surface area contributed by atoms with E-state index in [4.69, 9.17) is 5.73 Å². The van der Waals surface area contributed by atoms with Crippen molar-refractivity contribution in [2.24, 2.45) is 5.73 Å². The van der Waals surface area contributed by atoms with Crippen molar-refractivity contribution in [2.45, 2.75) is 25.8 Å². The second kappa shape index (κ2) is 6.75. The van der Waals surface area contributed by atoms with E-state index in [-0.39, 0.29) is 16.7 Å². The summed E-state index contributed by atoms with van der Waals surface area (Å²) in [5.41, 5.74) is 6.66. The lowest BCUT2D eigenvalue weighted by Crippen LogP contribution is -2.28. The summed E-state index contributed by atoms with van der Waals surface area (Å²) in [6.07, 6.45) is 2.04. The lowest BCUT2D eigenvalue weighted by atomic mass is 10.1. The average molecular weight is 349 g/mol. The Balaban J connectivity index is 2.79. The molecule has 0 fully saturated rings. The third-order valence-electron chi connectivity index (χ3n) is 2.44. The van der Waals surface area contributed by atoms with E-state index >= 15 is 0 Å². The van der Waals surface area contributed by atoms with Crippen molar-refractivity contribution in [3.8, 4) is 0 Å². The molecule has 94 valence electrons. The number of nitro benzene ring substituents is 1. The second-order valence-electron chi connectivity index (χ2n) is 3.79. The van der Waals surface area contributed by atoms with Crippen LogP contribution in [0.4, 0.5) is 11.4 Å². The third-order valence-corrected chi connectivity index (χ3v) is 3.30. The molecule has 0 saturated carbocycles. The minimum Gasteiger partial charge on any atom is -0.381 e. The van der Waals surface area contributed by atoms with Crippen LogP contribution in [0, 0.1) is 13.7 Å². The fourth-order valence-corrected chi connectivity index (χ4v) is 2.29. The molecule has 1 rings (SSSR count). The zero-order chi connectivity index (χ0) is 12.8. The molecule has 0 radical (unpaired) electrons. The van der Waals surface area contributed by atoms with Gasteiger partial charge < -0.3 is 11.1 Å². The van der Waals surface area contributed by atoms with Gasteiger partial charge >= 0.3 is 0 Å². The summed E-state index contributed by atoms with van der Waals surface area (Å²) in [4.78, 5) is 10.3. The molecule has 0 aliphatic carbocycles. The van der Waals surface area contributed by atoms with Gasteiger partial charge in [-0.15, -0.1) is 0 Å². The molecule has 0 aromatic heterocycles. The van der Waals surface area contributed by atoms with Gasteiger partial charge in [0.15, 0.2) is 0 Å². The van der Waals surface area contributed by atoms with Crippen molar-refractivity contribution in [2.75, 3.05) is 11.9 Å². The predicted octanol–water partition coefficient (Wildman–Crippen LogP) is 2.74. The Morgan fingerprint density at radius 1 is 1.59 bits per heavy atom. The van der Waals surface area contributed by atoms with Crippen molar-refractivity contribution in [1.29, 1.82) is 0 Å². The zero-order valence-corrected chi connectivity index (χ0v) is 11.8. The van der Waals surface area contributed by atoms with Crippen molar-refractivity contribution < 1.29 is 4.92 Å². The fraction of sp³-hybridized carbons (Fsp3) is 0.455. The first kappa shape index (κ1) is 14.2. The summed E-state index contributed by atoms with van der Waals surface area (Å²) in [7, 11) is 0. The van der Waals surface area contributed by atoms with Gasteiger partial charge in [0.1, 0.15) is 0 Å². The zero-order valence-electron chi connectivity index (χ0n) is 9.65. The third kappa shape index (κ3) is 4.12. The molecule has 1 atom stereocenters. The van der Waals surface area contributed by atoms with Gasteiger partial charge in [0.2, 0.25) is 0 Å². The van der Waals surface area contributed by atoms with E-state index < -0.39 is 0 Å². The number of hydrogen-bond acceptors (Lipinski definition) is 4. The summed E-state index contributed by atoms with van der Waals surface area (Å²) >= 11 is 1.97. The van der Waals surface area contributed by atoms with Crippen LogP contribution >= 0.6 is 22.6 Å². The van der Waals surface area contributed by atoms with Crippen LogP contribution < -0.4 is 11.1 Å². The van der Waals surface area contributed by atoms with Crippen LogP contribution in [0.25, 0.3) is 0 Å². The number of nitro groups is 1. The Hall–Kier alpha value is -0.890. The maximum absolute atomic E-state index is 10.7. The largest absolute Gasteiger partial charge is 0.381 e. The quantitative estimate of drug-likeness (QED) is 0.470. The fourth-order valence-electron chi connectivity index (χ4n) is 1.58. The Morgan fingerprint density at radius 2 is 2.29 bits per heavy atom. The normalized spacial score (nSPS) is 12.2. The van der Waals surface area contributed by atoms with Crippen LogP contribution in [0.2, 0.25) is 0 Å². The summed E-state index contributed by atoms with van der Waals surface area (Å²) < 4.78 is 0.630. The van der Waals surface area contributed by atoms with E-state index in [1.165, 1.54) is 6.07 Å². The van der Waals surface area contributed by atoms with Gasteiger partial charge in [-0.2, -0.15) is 0 Å². The minimum absolute atomic E-state index is 0.135. The maximum Gasteiger partial charge on any atom is 0.282 e. The molecular weight excluding hydrogens is 333 g/mol. The Bertz CT molecular complexity index is 398. The van der Waals surface area contributed by atoms with Crippen LogP contribution in [0.5, 0.6) is 0 Å². The molecule has 6 heteroatoms. The maximum atomic E-state index is 10.7. The number of rotatable bonds is 6. The second-order valence-corrected chi connectivity index (χ2v) is 4.95. The molecular formula is C11H16IN3O2. The molecule has 0 heterocycles. The van der Waals surface area contributed by atoms with Gasteiger partial charge in [-0.25, -0.2) is 0 Å². The van der Waals surface area contributed by atoms with Gasteiger partial charge in [-0.05, 0) is 41.1 Å². The molecule has 17 heavy (non-hydrogen) atoms. The molecule has 3 N–H and O–H groups in total. The van der Waals surface area contributed by atoms with E-state index in [9.17, 15) is 10.1 Å². The molecule has 1 aromatic carbocycles. The first-order chi connectivity index (χ1) is 8.08. The number of halogens is 1. The van der Waals surface area contributed by atoms with Crippen molar-refractivity contribution >= 4 is 34.0 Å². The highest BCUT2D eigenvalue weighted by Gasteiger charge is 2.12. The summed E-state index contributed by atoms with van der Waals surface area (Å²) in [6, 6.07) is 5.23. The number of nitrogens with two attached hydrogens (primary N) is 1. The first-order valence-electron chi connectivity index (χ1n) is 5.49. The summed E-state index contributed by atoms with van der Waals surface area (Å²) in [5.74, 6) is 0. The predicted molar refractivity (Wildman–Crippen MR) is 77.2 cm³/mol. The van der Waals surface area contributed by atoms with Gasteiger partial charge in [-0.3, -0.25) is 10.1 Å². The first-order valence-corrected chi connectivity index (χ1v) is 6.57. The molecule has 0 spiro atoms. The highest BCUT2D eigenvalue weighted by molar-refractivity contribution is 14.1. The van der Waals surface area contributed by atoms with Crippen LogP contribution in [-0.4, -0.2) is 17.5 Å². The topological polar surface area (TPSA) is 81.2 Å². The van der Waals surface area contributed by atoms with Crippen LogP contribution in [0.15, 0.2) is 18.2 Å². The molecule has 0 aliphatic heterocycles. The molecule has 5 nitrogen and oxygen atoms in total. The van der Waals surface area contributed by atoms with E-state index in [1.54, 1.807) is 12.1 Å². The van der Waals surface area contributed by atoms with E-state index in [1.807, 2.05) is 22.6 Å². The lowest BCUT2D eigenvalue weighted by molar-refractivity contribution is -0.385. The molecule has 1 unspecified atom stereocenters. The Kier molecular flexibility index (Phi) is 5.63. The Labute approximate surface area is 114 Å². The molecule has 0 aliphatic rings. The van der Waals surface area contributed by atoms with Crippen molar-refractivity contribution in [3.05, 3.63) is 31.9 Å². The van der Waals surface area contributed by atoms with Gasteiger partial charge in [-0.1, -0.05) is 13.3 Å². The summed E-state index contributed by atoms with van der Waals surface area (Å²) in [6.45, 7) is 2.66. The number of anilines is 1. The standard InChI is InChI=1S/C11H16IN3O2/c1-2-3-9(7-13)14-8-4-5-11(15(16)17)10(12)6-8/h4-6,9,14H,2-3,7,13H2,1H3. The van der Waals surface area contributed by atoms with E-state index in [0.29, 0.717) is 10.1 Å². The SMILES string of the molecule is CCCC(CN)Nc1ccc([N+](=O)[O-])c(I)c1. The summed E-state index contributed by atoms with van der Waals surface area (Å²) in [5, 5.41) is 14.0. The molecule has 0 saturated heterocycles. The van der Waals surface area contributed by atoms with Gasteiger partial charge in [0.25, 0.3) is 5.69 Å². The molecule has 0 amide bonds. The number of hydrogen-bond donors (Lipinski definition) is 2. The van der Waals surface area contributed by atoms with Gasteiger partial charge in [0.05, 0.1) is 8.49 Å². The van der Waals surface area contributed by atoms with E-state index in [2.05, 4.69) is 12.2 Å². The smallest absolute Gasteiger partial charge is 0.282 e. The van der Waals surface area contributed by atoms with Crippen LogP contribution in [-0.2, 0) is 0 Å². The lowest BCUT2D eigenvalue weighted by Gasteiger charge is -2.17. The number of nitrogens with one attached hydrogen (secondary N) is 1. The number of nitrogens with zero attached hydrogens (tertiary/aromatic N) is 1. The minimum atomic E-state index is -0.377. The van der Waals surface area contributed by atoms with Crippen LogP contribution in [0.3, 0.4) is 0 Å². The number of benzene rings is 1.